The maximum Gasteiger partial charge on any atom is 0.216 e. The summed E-state index contributed by atoms with van der Waals surface area (Å²) in [5.41, 5.74) is 1.95. The summed E-state index contributed by atoms with van der Waals surface area (Å²) < 4.78 is 26.9. The van der Waals surface area contributed by atoms with E-state index in [0.29, 0.717) is 15.8 Å². The zero-order chi connectivity index (χ0) is 20.0. The quantitative estimate of drug-likeness (QED) is 0.400. The summed E-state index contributed by atoms with van der Waals surface area (Å²) in [5.74, 6) is 2.54. The Kier molecular flexibility index (Phi) is 6.74. The van der Waals surface area contributed by atoms with E-state index in [-0.39, 0.29) is 5.82 Å². The number of benzene rings is 3. The van der Waals surface area contributed by atoms with Crippen molar-refractivity contribution >= 4 is 46.2 Å². The van der Waals surface area contributed by atoms with Crippen LogP contribution in [0.3, 0.4) is 0 Å². The van der Waals surface area contributed by atoms with Crippen molar-refractivity contribution in [3.8, 4) is 0 Å². The second-order valence-corrected chi connectivity index (χ2v) is 8.99. The van der Waals surface area contributed by atoms with Gasteiger partial charge in [0.2, 0.25) is 7.29 Å². The van der Waals surface area contributed by atoms with Crippen LogP contribution in [0.15, 0.2) is 96.6 Å². The minimum Gasteiger partial charge on any atom is -0.330 e. The molecule has 3 rings (SSSR count). The van der Waals surface area contributed by atoms with E-state index in [4.69, 9.17) is 23.2 Å². The lowest BCUT2D eigenvalue weighted by atomic mass is 10.2. The van der Waals surface area contributed by atoms with Crippen molar-refractivity contribution in [2.24, 2.45) is 0 Å². The van der Waals surface area contributed by atoms with E-state index in [9.17, 15) is 8.96 Å². The topological polar surface area (TPSA) is 29.1 Å². The van der Waals surface area contributed by atoms with Crippen LogP contribution in [0, 0.1) is 5.82 Å². The van der Waals surface area contributed by atoms with E-state index in [1.165, 1.54) is 35.9 Å². The van der Waals surface area contributed by atoms with Crippen LogP contribution in [0.2, 0.25) is 0 Å². The number of rotatable bonds is 6. The highest BCUT2D eigenvalue weighted by Crippen LogP contribution is 2.53. The Morgan fingerprint density at radius 1 is 0.750 bits per heavy atom. The fraction of sp³-hybridized carbons (Fsp3) is 0. The van der Waals surface area contributed by atoms with Gasteiger partial charge in [-0.1, -0.05) is 83.9 Å². The Morgan fingerprint density at radius 3 is 1.61 bits per heavy atom. The van der Waals surface area contributed by atoms with Crippen molar-refractivity contribution in [3.05, 3.63) is 114 Å². The SMILES string of the molecule is O=P(C=C(Cl)c1ccccc1)(/C=C(/Cl)c1ccccc1)Nc1ccc(F)cc1. The molecule has 0 amide bonds. The first-order chi connectivity index (χ1) is 13.5. The molecule has 2 nitrogen and oxygen atoms in total. The molecule has 6 heteroatoms. The van der Waals surface area contributed by atoms with Crippen molar-refractivity contribution in [2.45, 2.75) is 0 Å². The normalized spacial score (nSPS) is 14.4. The molecule has 0 radical (unpaired) electrons. The highest BCUT2D eigenvalue weighted by Gasteiger charge is 2.19. The van der Waals surface area contributed by atoms with E-state index in [1.807, 2.05) is 60.7 Å². The van der Waals surface area contributed by atoms with Gasteiger partial charge in [-0.25, -0.2) is 4.39 Å². The molecule has 0 saturated carbocycles. The number of nitrogens with one attached hydrogen (secondary N) is 1. The second kappa shape index (κ2) is 9.25. The maximum absolute atomic E-state index is 13.7. The third-order valence-corrected chi connectivity index (χ3v) is 6.71. The molecule has 0 aromatic heterocycles. The van der Waals surface area contributed by atoms with E-state index in [2.05, 4.69) is 5.09 Å². The Labute approximate surface area is 173 Å². The number of anilines is 1. The first kappa shape index (κ1) is 20.4. The third-order valence-electron chi connectivity index (χ3n) is 3.86. The molecule has 1 N–H and O–H groups in total. The van der Waals surface area contributed by atoms with Crippen molar-refractivity contribution < 1.29 is 8.96 Å². The standard InChI is InChI=1S/C22H17Cl2FNOP/c23-21(17-7-3-1-4-8-17)15-28(27,26-20-13-11-19(25)12-14-20)16-22(24)18-9-5-2-6-10-18/h1-16H,(H,26,27)/b21-15+,22-16?. The van der Waals surface area contributed by atoms with E-state index in [1.54, 1.807) is 0 Å². The Balaban J connectivity index is 2.02. The minimum absolute atomic E-state index is 0.326. The molecule has 3 aromatic carbocycles. The molecular formula is C22H17Cl2FNOP. The molecule has 28 heavy (non-hydrogen) atoms. The van der Waals surface area contributed by atoms with Gasteiger partial charge in [0.25, 0.3) is 0 Å². The lowest BCUT2D eigenvalue weighted by Gasteiger charge is -2.16. The smallest absolute Gasteiger partial charge is 0.216 e. The molecule has 0 aliphatic carbocycles. The summed E-state index contributed by atoms with van der Waals surface area (Å²) in [6, 6.07) is 24.0. The van der Waals surface area contributed by atoms with Crippen LogP contribution in [0.1, 0.15) is 11.1 Å². The Hall–Kier alpha value is -2.32. The Bertz CT molecular complexity index is 976. The van der Waals surface area contributed by atoms with Crippen LogP contribution in [0.5, 0.6) is 0 Å². The van der Waals surface area contributed by atoms with Crippen LogP contribution in [-0.2, 0) is 4.57 Å². The molecule has 1 atom stereocenters. The first-order valence-electron chi connectivity index (χ1n) is 8.46. The number of hydrogen-bond acceptors (Lipinski definition) is 1. The van der Waals surface area contributed by atoms with Crippen LogP contribution < -0.4 is 5.09 Å². The van der Waals surface area contributed by atoms with E-state index >= 15 is 0 Å². The average molecular weight is 432 g/mol. The fourth-order valence-corrected chi connectivity index (χ4v) is 5.36. The Morgan fingerprint density at radius 2 is 1.18 bits per heavy atom. The predicted octanol–water partition coefficient (Wildman–Crippen LogP) is 7.99. The molecule has 0 saturated heterocycles. The average Bonchev–Trinajstić information content (AvgIpc) is 2.71. The molecule has 0 aliphatic heterocycles. The monoisotopic (exact) mass is 431 g/mol. The van der Waals surface area contributed by atoms with Crippen molar-refractivity contribution in [1.29, 1.82) is 0 Å². The molecule has 1 unspecified atom stereocenters. The molecule has 0 heterocycles. The fourth-order valence-electron chi connectivity index (χ4n) is 2.51. The summed E-state index contributed by atoms with van der Waals surface area (Å²) in [6.07, 6.45) is 0. The summed E-state index contributed by atoms with van der Waals surface area (Å²) in [4.78, 5) is 0. The van der Waals surface area contributed by atoms with E-state index < -0.39 is 7.29 Å². The van der Waals surface area contributed by atoms with Gasteiger partial charge in [-0.05, 0) is 35.4 Å². The summed E-state index contributed by atoms with van der Waals surface area (Å²) in [5, 5.41) is 3.60. The molecule has 3 aromatic rings. The van der Waals surface area contributed by atoms with Gasteiger partial charge in [0.15, 0.2) is 0 Å². The minimum atomic E-state index is -3.36. The molecule has 0 fully saturated rings. The molecule has 0 aliphatic rings. The summed E-state index contributed by atoms with van der Waals surface area (Å²) in [7, 11) is -3.36. The van der Waals surface area contributed by atoms with Gasteiger partial charge < -0.3 is 5.09 Å². The summed E-state index contributed by atoms with van der Waals surface area (Å²) in [6.45, 7) is 0. The van der Waals surface area contributed by atoms with Crippen LogP contribution >= 0.6 is 30.5 Å². The van der Waals surface area contributed by atoms with Crippen LogP contribution in [-0.4, -0.2) is 0 Å². The van der Waals surface area contributed by atoms with E-state index in [0.717, 1.165) is 11.1 Å². The van der Waals surface area contributed by atoms with Crippen molar-refractivity contribution in [3.63, 3.8) is 0 Å². The number of halogens is 3. The lowest BCUT2D eigenvalue weighted by molar-refractivity contribution is 0.589. The van der Waals surface area contributed by atoms with Gasteiger partial charge >= 0.3 is 0 Å². The summed E-state index contributed by atoms with van der Waals surface area (Å²) >= 11 is 12.9. The maximum atomic E-state index is 13.7. The van der Waals surface area contributed by atoms with Crippen molar-refractivity contribution in [2.75, 3.05) is 5.09 Å². The van der Waals surface area contributed by atoms with Crippen LogP contribution in [0.4, 0.5) is 10.1 Å². The van der Waals surface area contributed by atoms with Gasteiger partial charge in [-0.3, -0.25) is 4.57 Å². The zero-order valence-corrected chi connectivity index (χ0v) is 17.1. The molecule has 142 valence electrons. The second-order valence-electron chi connectivity index (χ2n) is 6.01. The highest BCUT2D eigenvalue weighted by molar-refractivity contribution is 7.72. The predicted molar refractivity (Wildman–Crippen MR) is 118 cm³/mol. The largest absolute Gasteiger partial charge is 0.330 e. The molecule has 0 spiro atoms. The van der Waals surface area contributed by atoms with Gasteiger partial charge in [-0.2, -0.15) is 0 Å². The number of hydrogen-bond donors (Lipinski definition) is 1. The van der Waals surface area contributed by atoms with Gasteiger partial charge in [0.05, 0.1) is 10.1 Å². The lowest BCUT2D eigenvalue weighted by Crippen LogP contribution is -1.94. The third kappa shape index (κ3) is 5.59. The molecular weight excluding hydrogens is 415 g/mol. The first-order valence-corrected chi connectivity index (χ1v) is 11.1. The van der Waals surface area contributed by atoms with Crippen molar-refractivity contribution in [1.82, 2.24) is 0 Å². The van der Waals surface area contributed by atoms with Gasteiger partial charge in [0.1, 0.15) is 5.82 Å². The van der Waals surface area contributed by atoms with Crippen LogP contribution in [0.25, 0.3) is 10.1 Å². The highest BCUT2D eigenvalue weighted by atomic mass is 35.5. The molecule has 0 bridgehead atoms. The van der Waals surface area contributed by atoms with Gasteiger partial charge in [0, 0.05) is 17.3 Å². The van der Waals surface area contributed by atoms with Gasteiger partial charge in [-0.15, -0.1) is 0 Å². The zero-order valence-electron chi connectivity index (χ0n) is 14.7.